The molecule has 0 spiro atoms. The third-order valence-electron chi connectivity index (χ3n) is 26.8. The molecule has 0 atom stereocenters. The molecule has 0 bridgehead atoms. The summed E-state index contributed by atoms with van der Waals surface area (Å²) >= 11 is 0. The van der Waals surface area contributed by atoms with Crippen LogP contribution in [0.5, 0.6) is 0 Å². The summed E-state index contributed by atoms with van der Waals surface area (Å²) < 4.78 is 106. The Hall–Kier alpha value is -4.46. The van der Waals surface area contributed by atoms with Crippen molar-refractivity contribution in [3.8, 4) is 11.1 Å². The molecule has 7 aliphatic carbocycles. The molecule has 0 unspecified atom stereocenters. The summed E-state index contributed by atoms with van der Waals surface area (Å²) in [5, 5.41) is 0. The van der Waals surface area contributed by atoms with Crippen LogP contribution in [0.2, 0.25) is 0 Å². The van der Waals surface area contributed by atoms with Gasteiger partial charge in [0.2, 0.25) is 0 Å². The number of hydrogen-bond acceptors (Lipinski definition) is 0. The topological polar surface area (TPSA) is 0 Å². The van der Waals surface area contributed by atoms with Gasteiger partial charge in [0.15, 0.2) is 46.5 Å². The van der Waals surface area contributed by atoms with Crippen LogP contribution in [0.4, 0.5) is 35.1 Å². The van der Waals surface area contributed by atoms with E-state index in [1.54, 1.807) is 24.3 Å². The number of unbranched alkanes of at least 4 members (excludes halogenated alkanes) is 4. The van der Waals surface area contributed by atoms with Crippen LogP contribution in [0.25, 0.3) is 11.1 Å². The minimum Gasteiger partial charge on any atom is -0.204 e. The first-order valence-corrected chi connectivity index (χ1v) is 42.0. The lowest BCUT2D eigenvalue weighted by atomic mass is 9.74. The molecule has 7 fully saturated rings. The first kappa shape index (κ1) is 80.6. The molecule has 7 aliphatic rings. The summed E-state index contributed by atoms with van der Waals surface area (Å²) in [7, 11) is 0. The second-order valence-corrected chi connectivity index (χ2v) is 33.7. The highest BCUT2D eigenvalue weighted by molar-refractivity contribution is 5.64. The highest BCUT2D eigenvalue weighted by Gasteiger charge is 2.30. The molecule has 560 valence electrons. The monoisotopic (exact) mass is 1400 g/mol. The Morgan fingerprint density at radius 1 is 0.208 bits per heavy atom. The molecular weight excluding hydrogens is 1270 g/mol. The van der Waals surface area contributed by atoms with Crippen LogP contribution in [-0.2, 0) is 0 Å². The van der Waals surface area contributed by atoms with E-state index in [1.807, 2.05) is 12.1 Å². The van der Waals surface area contributed by atoms with Crippen molar-refractivity contribution in [2.45, 2.75) is 340 Å². The van der Waals surface area contributed by atoms with Crippen LogP contribution in [0, 0.1) is 106 Å². The molecule has 0 radical (unpaired) electrons. The average Bonchev–Trinajstić information content (AvgIpc) is 0.851. The molecule has 0 N–H and O–H groups in total. The van der Waals surface area contributed by atoms with Gasteiger partial charge in [0.1, 0.15) is 0 Å². The lowest BCUT2D eigenvalue weighted by Gasteiger charge is -2.32. The van der Waals surface area contributed by atoms with Gasteiger partial charge in [-0.05, 0) is 267 Å². The normalized spacial score (nSPS) is 27.8. The van der Waals surface area contributed by atoms with E-state index in [9.17, 15) is 35.1 Å². The van der Waals surface area contributed by atoms with Gasteiger partial charge in [-0.1, -0.05) is 262 Å². The summed E-state index contributed by atoms with van der Waals surface area (Å²) in [5.74, 6) is 5.48. The molecule has 5 aromatic rings. The van der Waals surface area contributed by atoms with Crippen molar-refractivity contribution in [2.24, 2.45) is 59.2 Å². The molecule has 101 heavy (non-hydrogen) atoms. The Kier molecular flexibility index (Phi) is 34.5. The molecule has 0 heterocycles. The number of rotatable bonds is 25. The zero-order valence-electron chi connectivity index (χ0n) is 63.2. The van der Waals surface area contributed by atoms with Crippen molar-refractivity contribution in [1.82, 2.24) is 0 Å². The number of hydrogen-bond donors (Lipinski definition) is 0. The fourth-order valence-electron chi connectivity index (χ4n) is 19.8. The molecule has 0 aromatic heterocycles. The van der Waals surface area contributed by atoms with Crippen molar-refractivity contribution in [3.05, 3.63) is 166 Å². The molecule has 0 aliphatic heterocycles. The summed E-state index contributed by atoms with van der Waals surface area (Å²) in [6.45, 7) is 9.20. The Labute approximate surface area is 608 Å². The van der Waals surface area contributed by atoms with Crippen molar-refractivity contribution in [1.29, 1.82) is 0 Å². The molecule has 12 rings (SSSR count). The highest BCUT2D eigenvalue weighted by Crippen LogP contribution is 2.45. The van der Waals surface area contributed by atoms with Crippen LogP contribution < -0.4 is 0 Å². The van der Waals surface area contributed by atoms with Crippen LogP contribution in [0.1, 0.15) is 363 Å². The quantitative estimate of drug-likeness (QED) is 0.0404. The molecule has 0 saturated heterocycles. The second kappa shape index (κ2) is 43.2. The molecular formula is C93H132F8. The van der Waals surface area contributed by atoms with E-state index in [0.717, 1.165) is 126 Å². The maximum absolute atomic E-state index is 13.5. The van der Waals surface area contributed by atoms with Crippen LogP contribution in [0.15, 0.2) is 97.1 Å². The molecule has 0 nitrogen and oxygen atoms in total. The van der Waals surface area contributed by atoms with Crippen molar-refractivity contribution < 1.29 is 35.1 Å². The smallest absolute Gasteiger partial charge is 0.159 e. The van der Waals surface area contributed by atoms with Gasteiger partial charge in [-0.15, -0.1) is 0 Å². The lowest BCUT2D eigenvalue weighted by Crippen LogP contribution is -2.18. The standard InChI is InChI=1S/C25H38F2.C23H34F2.C23H28F2.C22H32F2/c1-2-3-4-5-19-6-8-20(9-7-19)10-11-21-12-14-22(15-13-21)23-16-17-24(26)25(27)18-23;1-2-3-17-4-6-18(7-5-17)8-9-19-10-12-20(13-11-19)21-14-15-22(24)23(25)16-21;1-2-3-4-5-17-6-8-18(9-7-17)19-10-12-20(13-11-19)21-14-15-22(24)23(25)16-21;1-2-16-3-5-17(6-4-16)7-8-18-9-11-19(12-10-18)20-13-14-21(23)22(24)15-20/h16-22H,2-15H2,1H3;14-20H,2-13H2,1H3;10-18H,2-9H2,1H3;13-19H,2-12H2,1H3. The van der Waals surface area contributed by atoms with Crippen LogP contribution in [0.3, 0.4) is 0 Å². The van der Waals surface area contributed by atoms with Gasteiger partial charge in [0, 0.05) is 0 Å². The van der Waals surface area contributed by atoms with E-state index in [0.29, 0.717) is 23.7 Å². The van der Waals surface area contributed by atoms with Gasteiger partial charge in [-0.25, -0.2) is 35.1 Å². The number of benzene rings is 5. The predicted molar refractivity (Wildman–Crippen MR) is 407 cm³/mol. The second-order valence-electron chi connectivity index (χ2n) is 33.7. The SMILES string of the molecule is CCC1CCC(CCC2CCC(c3ccc(F)c(F)c3)CC2)CC1.CCCC1CCC(CCC2CCC(c3ccc(F)c(F)c3)CC2)CC1.CCCCCC1CCC(CCC2CCC(c3ccc(F)c(F)c3)CC2)CC1.CCCCCC1CCC(c2ccc(-c3ccc(F)c(F)c3)cc2)CC1. The fourth-order valence-corrected chi connectivity index (χ4v) is 19.8. The van der Waals surface area contributed by atoms with E-state index in [-0.39, 0.29) is 0 Å². The third kappa shape index (κ3) is 26.5. The van der Waals surface area contributed by atoms with Crippen molar-refractivity contribution in [2.75, 3.05) is 0 Å². The lowest BCUT2D eigenvalue weighted by molar-refractivity contribution is 0.222. The predicted octanol–water partition coefficient (Wildman–Crippen LogP) is 30.8. The summed E-state index contributed by atoms with van der Waals surface area (Å²) in [5.41, 5.74) is 6.03. The fraction of sp³-hybridized carbons (Fsp3) is 0.677. The summed E-state index contributed by atoms with van der Waals surface area (Å²) in [6.07, 6.45) is 60.7. The van der Waals surface area contributed by atoms with Crippen LogP contribution >= 0.6 is 0 Å². The Balaban J connectivity index is 0.000000157. The van der Waals surface area contributed by atoms with Gasteiger partial charge >= 0.3 is 0 Å². The molecule has 5 aromatic carbocycles. The minimum absolute atomic E-state index is 0.426. The van der Waals surface area contributed by atoms with E-state index in [2.05, 4.69) is 39.8 Å². The van der Waals surface area contributed by atoms with Crippen LogP contribution in [-0.4, -0.2) is 0 Å². The third-order valence-corrected chi connectivity index (χ3v) is 26.8. The zero-order valence-corrected chi connectivity index (χ0v) is 63.2. The molecule has 8 heteroatoms. The highest BCUT2D eigenvalue weighted by atomic mass is 19.2. The van der Waals surface area contributed by atoms with Gasteiger partial charge in [0.25, 0.3) is 0 Å². The maximum atomic E-state index is 13.5. The van der Waals surface area contributed by atoms with E-state index >= 15 is 0 Å². The van der Waals surface area contributed by atoms with Gasteiger partial charge in [-0.3, -0.25) is 0 Å². The average molecular weight is 1400 g/mol. The van der Waals surface area contributed by atoms with Gasteiger partial charge in [0.05, 0.1) is 0 Å². The summed E-state index contributed by atoms with van der Waals surface area (Å²) in [6, 6.07) is 25.9. The first-order valence-electron chi connectivity index (χ1n) is 42.0. The van der Waals surface area contributed by atoms with E-state index in [1.165, 1.54) is 305 Å². The van der Waals surface area contributed by atoms with Gasteiger partial charge in [-0.2, -0.15) is 0 Å². The summed E-state index contributed by atoms with van der Waals surface area (Å²) in [4.78, 5) is 0. The first-order chi connectivity index (χ1) is 49.1. The van der Waals surface area contributed by atoms with Crippen molar-refractivity contribution in [3.63, 3.8) is 0 Å². The van der Waals surface area contributed by atoms with E-state index < -0.39 is 46.5 Å². The number of halogens is 8. The maximum Gasteiger partial charge on any atom is 0.159 e. The molecule has 0 amide bonds. The largest absolute Gasteiger partial charge is 0.204 e. The Morgan fingerprint density at radius 3 is 0.723 bits per heavy atom. The Bertz CT molecular complexity index is 3080. The molecule has 7 saturated carbocycles. The Morgan fingerprint density at radius 2 is 0.446 bits per heavy atom. The van der Waals surface area contributed by atoms with Gasteiger partial charge < -0.3 is 0 Å². The minimum atomic E-state index is -0.795. The zero-order chi connectivity index (χ0) is 71.3. The van der Waals surface area contributed by atoms with Crippen molar-refractivity contribution >= 4 is 0 Å². The van der Waals surface area contributed by atoms with E-state index in [4.69, 9.17) is 0 Å².